The lowest BCUT2D eigenvalue weighted by Gasteiger charge is -2.18. The minimum absolute atomic E-state index is 0.0290. The summed E-state index contributed by atoms with van der Waals surface area (Å²) in [5, 5.41) is 12.2. The van der Waals surface area contributed by atoms with Crippen molar-refractivity contribution >= 4 is 23.5 Å². The molecule has 0 spiro atoms. The van der Waals surface area contributed by atoms with Gasteiger partial charge in [-0.05, 0) is 47.9 Å². The zero-order chi connectivity index (χ0) is 19.7. The fourth-order valence-corrected chi connectivity index (χ4v) is 3.62. The Bertz CT molecular complexity index is 956. The molecular formula is C21H20N2O5. The van der Waals surface area contributed by atoms with E-state index in [9.17, 15) is 19.5 Å². The maximum Gasteiger partial charge on any atom is 0.330 e. The highest BCUT2D eigenvalue weighted by molar-refractivity contribution is 6.00. The van der Waals surface area contributed by atoms with Crippen molar-refractivity contribution < 1.29 is 24.2 Å². The van der Waals surface area contributed by atoms with Crippen LogP contribution in [0.3, 0.4) is 0 Å². The first-order valence-corrected chi connectivity index (χ1v) is 9.22. The predicted molar refractivity (Wildman–Crippen MR) is 102 cm³/mol. The molecule has 4 rings (SSSR count). The average molecular weight is 380 g/mol. The van der Waals surface area contributed by atoms with Crippen LogP contribution < -0.4 is 15.0 Å². The quantitative estimate of drug-likeness (QED) is 0.830. The number of carbonyl (C=O) groups is 3. The molecule has 0 saturated carbocycles. The molecule has 2 heterocycles. The van der Waals surface area contributed by atoms with Gasteiger partial charge in [0, 0.05) is 30.6 Å². The monoisotopic (exact) mass is 380 g/mol. The zero-order valence-corrected chi connectivity index (χ0v) is 15.2. The number of hydrogen-bond acceptors (Lipinski definition) is 4. The van der Waals surface area contributed by atoms with Crippen molar-refractivity contribution in [2.24, 2.45) is 0 Å². The number of benzene rings is 2. The molecule has 1 saturated heterocycles. The summed E-state index contributed by atoms with van der Waals surface area (Å²) in [6, 6.07) is 10.7. The molecule has 2 N–H and O–H groups in total. The normalized spacial score (nSPS) is 16.4. The molecule has 0 radical (unpaired) electrons. The Balaban J connectivity index is 1.55. The number of carboxylic acids is 1. The van der Waals surface area contributed by atoms with Gasteiger partial charge in [-0.25, -0.2) is 4.79 Å². The van der Waals surface area contributed by atoms with Crippen molar-refractivity contribution in [3.05, 3.63) is 59.2 Å². The van der Waals surface area contributed by atoms with Crippen LogP contribution in [0.4, 0.5) is 5.69 Å². The zero-order valence-electron chi connectivity index (χ0n) is 15.2. The topological polar surface area (TPSA) is 95.9 Å². The van der Waals surface area contributed by atoms with E-state index in [1.54, 1.807) is 47.4 Å². The van der Waals surface area contributed by atoms with E-state index in [0.29, 0.717) is 36.4 Å². The number of ether oxygens (including phenoxy) is 1. The summed E-state index contributed by atoms with van der Waals surface area (Å²) in [4.78, 5) is 38.1. The summed E-state index contributed by atoms with van der Waals surface area (Å²) in [5.41, 5.74) is 2.40. The third-order valence-corrected chi connectivity index (χ3v) is 5.06. The smallest absolute Gasteiger partial charge is 0.330 e. The van der Waals surface area contributed by atoms with Crippen molar-refractivity contribution in [2.75, 3.05) is 18.1 Å². The molecule has 0 aliphatic carbocycles. The van der Waals surface area contributed by atoms with E-state index in [1.165, 1.54) is 0 Å². The number of anilines is 1. The fourth-order valence-electron chi connectivity index (χ4n) is 3.62. The molecule has 7 heteroatoms. The van der Waals surface area contributed by atoms with E-state index in [0.717, 1.165) is 24.2 Å². The molecule has 2 amide bonds. The minimum atomic E-state index is -1.17. The summed E-state index contributed by atoms with van der Waals surface area (Å²) >= 11 is 0. The van der Waals surface area contributed by atoms with Gasteiger partial charge in [0.25, 0.3) is 5.91 Å². The van der Waals surface area contributed by atoms with Gasteiger partial charge in [-0.15, -0.1) is 0 Å². The van der Waals surface area contributed by atoms with Gasteiger partial charge in [0.15, 0.2) is 6.04 Å². The van der Waals surface area contributed by atoms with E-state index < -0.39 is 17.9 Å². The van der Waals surface area contributed by atoms with Crippen molar-refractivity contribution in [2.45, 2.75) is 25.3 Å². The van der Waals surface area contributed by atoms with Crippen LogP contribution in [0.5, 0.6) is 5.75 Å². The van der Waals surface area contributed by atoms with E-state index in [1.807, 2.05) is 0 Å². The van der Waals surface area contributed by atoms with E-state index in [2.05, 4.69) is 5.32 Å². The average Bonchev–Trinajstić information content (AvgIpc) is 3.33. The molecule has 2 aliphatic heterocycles. The summed E-state index contributed by atoms with van der Waals surface area (Å²) in [6.07, 6.45) is 2.01. The van der Waals surface area contributed by atoms with Crippen LogP contribution >= 0.6 is 0 Å². The number of nitrogens with one attached hydrogen (secondary N) is 1. The maximum absolute atomic E-state index is 12.7. The fraction of sp³-hybridized carbons (Fsp3) is 0.286. The number of nitrogens with zero attached hydrogens (tertiary/aromatic N) is 1. The molecule has 2 aliphatic rings. The number of hydrogen-bond donors (Lipinski definition) is 2. The molecule has 2 aromatic carbocycles. The summed E-state index contributed by atoms with van der Waals surface area (Å²) in [6.45, 7) is 1.20. The molecular weight excluding hydrogens is 360 g/mol. The van der Waals surface area contributed by atoms with Crippen LogP contribution in [0.15, 0.2) is 42.5 Å². The van der Waals surface area contributed by atoms with Gasteiger partial charge >= 0.3 is 5.97 Å². The molecule has 144 valence electrons. The first-order valence-electron chi connectivity index (χ1n) is 9.22. The van der Waals surface area contributed by atoms with Crippen molar-refractivity contribution in [1.29, 1.82) is 0 Å². The standard InChI is InChI=1S/C21H20N2O5/c24-18-5-2-9-23(18)16-4-1-3-15(12-16)20(25)22-19(21(26)27)14-6-7-17-13(11-14)8-10-28-17/h1,3-4,6-7,11-12,19H,2,5,8-10H2,(H,22,25)(H,26,27). The van der Waals surface area contributed by atoms with E-state index in [-0.39, 0.29) is 5.91 Å². The third-order valence-electron chi connectivity index (χ3n) is 5.06. The number of carbonyl (C=O) groups excluding carboxylic acids is 2. The van der Waals surface area contributed by atoms with Crippen LogP contribution in [0, 0.1) is 0 Å². The second-order valence-corrected chi connectivity index (χ2v) is 6.91. The summed E-state index contributed by atoms with van der Waals surface area (Å²) in [7, 11) is 0. The number of carboxylic acid groups (broad SMARTS) is 1. The van der Waals surface area contributed by atoms with Gasteiger partial charge in [-0.2, -0.15) is 0 Å². The summed E-state index contributed by atoms with van der Waals surface area (Å²) < 4.78 is 5.45. The van der Waals surface area contributed by atoms with E-state index >= 15 is 0 Å². The Morgan fingerprint density at radius 2 is 2.00 bits per heavy atom. The van der Waals surface area contributed by atoms with Gasteiger partial charge in [0.1, 0.15) is 5.75 Å². The largest absolute Gasteiger partial charge is 0.493 e. The molecule has 7 nitrogen and oxygen atoms in total. The summed E-state index contributed by atoms with van der Waals surface area (Å²) in [5.74, 6) is -0.862. The Labute approximate surface area is 161 Å². The van der Waals surface area contributed by atoms with Crippen LogP contribution in [0.25, 0.3) is 0 Å². The molecule has 1 fully saturated rings. The van der Waals surface area contributed by atoms with Crippen molar-refractivity contribution in [3.63, 3.8) is 0 Å². The highest BCUT2D eigenvalue weighted by Gasteiger charge is 2.26. The Morgan fingerprint density at radius 3 is 2.75 bits per heavy atom. The Kier molecular flexibility index (Phi) is 4.73. The van der Waals surface area contributed by atoms with Gasteiger partial charge in [0.2, 0.25) is 5.91 Å². The lowest BCUT2D eigenvalue weighted by molar-refractivity contribution is -0.139. The van der Waals surface area contributed by atoms with Gasteiger partial charge in [-0.1, -0.05) is 12.1 Å². The molecule has 0 aromatic heterocycles. The van der Waals surface area contributed by atoms with E-state index in [4.69, 9.17) is 4.74 Å². The number of aliphatic carboxylic acids is 1. The molecule has 2 aromatic rings. The molecule has 28 heavy (non-hydrogen) atoms. The number of amides is 2. The number of rotatable bonds is 5. The SMILES string of the molecule is O=C(NC(C(=O)O)c1ccc2c(c1)CCO2)c1cccc(N2CCCC2=O)c1. The Hall–Kier alpha value is -3.35. The second kappa shape index (κ2) is 7.34. The molecule has 1 unspecified atom stereocenters. The van der Waals surface area contributed by atoms with Crippen molar-refractivity contribution in [3.8, 4) is 5.75 Å². The third kappa shape index (κ3) is 3.43. The predicted octanol–water partition coefficient (Wildman–Crippen LogP) is 2.30. The lowest BCUT2D eigenvalue weighted by atomic mass is 10.0. The van der Waals surface area contributed by atoms with Crippen LogP contribution in [-0.4, -0.2) is 36.0 Å². The lowest BCUT2D eigenvalue weighted by Crippen LogP contribution is -2.34. The Morgan fingerprint density at radius 1 is 1.14 bits per heavy atom. The van der Waals surface area contributed by atoms with Crippen LogP contribution in [0.2, 0.25) is 0 Å². The van der Waals surface area contributed by atoms with Gasteiger partial charge in [0.05, 0.1) is 6.61 Å². The second-order valence-electron chi connectivity index (χ2n) is 6.91. The number of fused-ring (bicyclic) bond motifs is 1. The maximum atomic E-state index is 12.7. The van der Waals surface area contributed by atoms with Crippen LogP contribution in [0.1, 0.15) is 40.4 Å². The molecule has 1 atom stereocenters. The highest BCUT2D eigenvalue weighted by atomic mass is 16.5. The van der Waals surface area contributed by atoms with Gasteiger partial charge < -0.3 is 20.1 Å². The minimum Gasteiger partial charge on any atom is -0.493 e. The molecule has 0 bridgehead atoms. The van der Waals surface area contributed by atoms with Gasteiger partial charge in [-0.3, -0.25) is 9.59 Å². The van der Waals surface area contributed by atoms with Crippen molar-refractivity contribution in [1.82, 2.24) is 5.32 Å². The highest BCUT2D eigenvalue weighted by Crippen LogP contribution is 2.29. The first-order chi connectivity index (χ1) is 13.5. The first kappa shape index (κ1) is 18.0. The van der Waals surface area contributed by atoms with Crippen LogP contribution in [-0.2, 0) is 16.0 Å².